The largest absolute Gasteiger partial charge is 0.417 e. The molecule has 1 aromatic heterocycles. The van der Waals surface area contributed by atoms with Gasteiger partial charge in [0.2, 0.25) is 0 Å². The Morgan fingerprint density at radius 3 is 2.47 bits per heavy atom. The van der Waals surface area contributed by atoms with Crippen LogP contribution in [0.2, 0.25) is 5.02 Å². The van der Waals surface area contributed by atoms with Crippen LogP contribution >= 0.6 is 11.6 Å². The number of benzene rings is 3. The fourth-order valence-corrected chi connectivity index (χ4v) is 4.03. The summed E-state index contributed by atoms with van der Waals surface area (Å²) < 4.78 is 40.3. The maximum absolute atomic E-state index is 13.4. The molecule has 12 heteroatoms. The van der Waals surface area contributed by atoms with E-state index in [0.717, 1.165) is 12.1 Å². The number of imidazole rings is 1. The number of carbonyl (C=O) groups is 2. The zero-order chi connectivity index (χ0) is 27.6. The van der Waals surface area contributed by atoms with E-state index in [9.17, 15) is 27.9 Å². The number of hydrogen-bond acceptors (Lipinski definition) is 5. The first-order valence-electron chi connectivity index (χ1n) is 11.4. The third-order valence-corrected chi connectivity index (χ3v) is 6.26. The van der Waals surface area contributed by atoms with Crippen LogP contribution in [0.4, 0.5) is 24.5 Å². The average molecular weight is 546 g/mol. The zero-order valence-corrected chi connectivity index (χ0v) is 21.0. The second kappa shape index (κ2) is 10.8. The second-order valence-electron chi connectivity index (χ2n) is 8.48. The van der Waals surface area contributed by atoms with Crippen molar-refractivity contribution in [3.8, 4) is 0 Å². The third-order valence-electron chi connectivity index (χ3n) is 5.85. The second-order valence-corrected chi connectivity index (χ2v) is 8.88. The number of nitrogens with zero attached hydrogens (tertiary/aromatic N) is 1. The van der Waals surface area contributed by atoms with Gasteiger partial charge in [-0.15, -0.1) is 0 Å². The highest BCUT2D eigenvalue weighted by molar-refractivity contribution is 6.31. The van der Waals surface area contributed by atoms with Crippen LogP contribution < -0.4 is 16.0 Å². The Labute approximate surface area is 220 Å². The van der Waals surface area contributed by atoms with Gasteiger partial charge in [0.25, 0.3) is 11.8 Å². The number of H-pyrrole nitrogens is 1. The van der Waals surface area contributed by atoms with Gasteiger partial charge < -0.3 is 20.7 Å². The van der Waals surface area contributed by atoms with Gasteiger partial charge in [0.1, 0.15) is 17.6 Å². The van der Waals surface area contributed by atoms with Gasteiger partial charge in [-0.2, -0.15) is 13.2 Å². The lowest BCUT2D eigenvalue weighted by Gasteiger charge is -2.14. The van der Waals surface area contributed by atoms with E-state index in [1.54, 1.807) is 32.2 Å². The van der Waals surface area contributed by atoms with Crippen molar-refractivity contribution in [2.75, 3.05) is 17.7 Å². The van der Waals surface area contributed by atoms with E-state index in [-0.39, 0.29) is 23.2 Å². The molecule has 0 saturated carbocycles. The Morgan fingerprint density at radius 1 is 1.05 bits per heavy atom. The van der Waals surface area contributed by atoms with E-state index in [1.807, 2.05) is 0 Å². The molecule has 0 spiro atoms. The molecular weight excluding hydrogens is 523 g/mol. The number of likely N-dealkylation sites (N-methyl/N-ethyl adjacent to an activating group) is 1. The maximum Gasteiger partial charge on any atom is 0.417 e. The van der Waals surface area contributed by atoms with Gasteiger partial charge in [-0.25, -0.2) is 4.98 Å². The van der Waals surface area contributed by atoms with Crippen LogP contribution in [-0.2, 0) is 12.6 Å². The molecule has 1 atom stereocenters. The van der Waals surface area contributed by atoms with Gasteiger partial charge >= 0.3 is 6.18 Å². The number of aliphatic hydroxyl groups is 1. The summed E-state index contributed by atoms with van der Waals surface area (Å²) in [5.41, 5.74) is 0.116. The normalized spacial score (nSPS) is 12.4. The number of carbonyl (C=O) groups excluding carboxylic acids is 2. The number of amides is 2. The summed E-state index contributed by atoms with van der Waals surface area (Å²) in [5.74, 6) is -1.24. The molecule has 0 radical (unpaired) electrons. The minimum atomic E-state index is -4.73. The maximum atomic E-state index is 13.4. The van der Waals surface area contributed by atoms with Crippen LogP contribution in [0, 0.1) is 6.92 Å². The van der Waals surface area contributed by atoms with Crippen LogP contribution in [0.3, 0.4) is 0 Å². The molecule has 0 aliphatic rings. The fraction of sp³-hybridized carbons (Fsp3) is 0.192. The van der Waals surface area contributed by atoms with Crippen molar-refractivity contribution in [3.63, 3.8) is 0 Å². The quantitative estimate of drug-likeness (QED) is 0.206. The van der Waals surface area contributed by atoms with Gasteiger partial charge in [-0.05, 0) is 55.9 Å². The highest BCUT2D eigenvalue weighted by atomic mass is 35.5. The summed E-state index contributed by atoms with van der Waals surface area (Å²) in [6.07, 6.45) is -5.57. The molecule has 0 bridgehead atoms. The average Bonchev–Trinajstić information content (AvgIpc) is 3.27. The molecule has 4 aromatic rings. The lowest BCUT2D eigenvalue weighted by Crippen LogP contribution is -2.27. The summed E-state index contributed by atoms with van der Waals surface area (Å²) in [6, 6.07) is 12.2. The van der Waals surface area contributed by atoms with Gasteiger partial charge in [0.15, 0.2) is 0 Å². The standard InChI is InChI=1S/C26H23ClF3N5O3/c1-13-18(27)8-5-9-19(13)34-25(38)16-10-14(11-20-23(16)35-21(33-20)12-22(36)31-2)32-24(37)15-6-3-4-7-17(15)26(28,29)30/h3-11,22,31,36H,12H2,1-2H3,(H,32,37)(H,33,35)(H,34,38). The summed E-state index contributed by atoms with van der Waals surface area (Å²) in [7, 11) is 1.56. The van der Waals surface area contributed by atoms with E-state index >= 15 is 0 Å². The first-order valence-corrected chi connectivity index (χ1v) is 11.8. The molecule has 198 valence electrons. The highest BCUT2D eigenvalue weighted by Gasteiger charge is 2.35. The molecule has 5 N–H and O–H groups in total. The number of alkyl halides is 3. The minimum Gasteiger partial charge on any atom is -0.378 e. The molecule has 38 heavy (non-hydrogen) atoms. The molecule has 1 unspecified atom stereocenters. The molecule has 3 aromatic carbocycles. The Kier molecular flexibility index (Phi) is 7.72. The van der Waals surface area contributed by atoms with Gasteiger partial charge in [0, 0.05) is 22.8 Å². The number of anilines is 2. The van der Waals surface area contributed by atoms with Gasteiger partial charge in [-0.1, -0.05) is 29.8 Å². The van der Waals surface area contributed by atoms with Crippen LogP contribution in [-0.4, -0.2) is 40.2 Å². The molecule has 0 fully saturated rings. The van der Waals surface area contributed by atoms with Crippen molar-refractivity contribution in [3.05, 3.63) is 87.7 Å². The highest BCUT2D eigenvalue weighted by Crippen LogP contribution is 2.33. The number of aromatic amines is 1. The summed E-state index contributed by atoms with van der Waals surface area (Å²) in [5, 5.41) is 18.3. The molecule has 0 aliphatic carbocycles. The number of hydrogen-bond donors (Lipinski definition) is 5. The minimum absolute atomic E-state index is 0.0442. The summed E-state index contributed by atoms with van der Waals surface area (Å²) >= 11 is 6.16. The Balaban J connectivity index is 1.75. The summed E-state index contributed by atoms with van der Waals surface area (Å²) in [6.45, 7) is 1.73. The summed E-state index contributed by atoms with van der Waals surface area (Å²) in [4.78, 5) is 33.6. The Morgan fingerprint density at radius 2 is 1.76 bits per heavy atom. The van der Waals surface area contributed by atoms with E-state index in [1.165, 1.54) is 24.3 Å². The van der Waals surface area contributed by atoms with Crippen LogP contribution in [0.5, 0.6) is 0 Å². The molecular formula is C26H23ClF3N5O3. The molecule has 4 rings (SSSR count). The molecule has 1 heterocycles. The predicted molar refractivity (Wildman–Crippen MR) is 138 cm³/mol. The molecule has 0 aliphatic heterocycles. The van der Waals surface area contributed by atoms with Crippen LogP contribution in [0.1, 0.15) is 37.7 Å². The van der Waals surface area contributed by atoms with Crippen molar-refractivity contribution in [1.29, 1.82) is 0 Å². The van der Waals surface area contributed by atoms with Gasteiger partial charge in [0.05, 0.1) is 22.2 Å². The van der Waals surface area contributed by atoms with Crippen molar-refractivity contribution >= 4 is 45.8 Å². The first-order chi connectivity index (χ1) is 18.0. The van der Waals surface area contributed by atoms with E-state index < -0.39 is 35.3 Å². The lowest BCUT2D eigenvalue weighted by atomic mass is 10.1. The number of nitrogens with one attached hydrogen (secondary N) is 4. The molecule has 8 nitrogen and oxygen atoms in total. The first kappa shape index (κ1) is 27.1. The lowest BCUT2D eigenvalue weighted by molar-refractivity contribution is -0.137. The number of halogens is 4. The van der Waals surface area contributed by atoms with Crippen molar-refractivity contribution in [2.24, 2.45) is 0 Å². The fourth-order valence-electron chi connectivity index (χ4n) is 3.85. The van der Waals surface area contributed by atoms with Crippen molar-refractivity contribution < 1.29 is 27.9 Å². The topological polar surface area (TPSA) is 119 Å². The number of aromatic nitrogens is 2. The van der Waals surface area contributed by atoms with Gasteiger partial charge in [-0.3, -0.25) is 14.9 Å². The van der Waals surface area contributed by atoms with E-state index in [0.29, 0.717) is 27.6 Å². The monoisotopic (exact) mass is 545 g/mol. The van der Waals surface area contributed by atoms with Crippen LogP contribution in [0.15, 0.2) is 54.6 Å². The Hall–Kier alpha value is -3.93. The zero-order valence-electron chi connectivity index (χ0n) is 20.2. The molecule has 2 amide bonds. The Bertz CT molecular complexity index is 1520. The van der Waals surface area contributed by atoms with E-state index in [2.05, 4.69) is 25.9 Å². The third kappa shape index (κ3) is 5.80. The predicted octanol–water partition coefficient (Wildman–Crippen LogP) is 5.13. The number of fused-ring (bicyclic) bond motifs is 1. The molecule has 0 saturated heterocycles. The SMILES string of the molecule is CNC(O)Cc1nc2c(C(=O)Nc3cccc(Cl)c3C)cc(NC(=O)c3ccccc3C(F)(F)F)cc2[nH]1. The van der Waals surface area contributed by atoms with Crippen molar-refractivity contribution in [1.82, 2.24) is 15.3 Å². The van der Waals surface area contributed by atoms with E-state index in [4.69, 9.17) is 11.6 Å². The smallest absolute Gasteiger partial charge is 0.378 e. The number of aliphatic hydroxyl groups excluding tert-OH is 1. The number of rotatable bonds is 7. The van der Waals surface area contributed by atoms with Crippen molar-refractivity contribution in [2.45, 2.75) is 25.7 Å². The van der Waals surface area contributed by atoms with Crippen LogP contribution in [0.25, 0.3) is 11.0 Å².